The molecule has 4 rings (SSSR count). The van der Waals surface area contributed by atoms with Crippen LogP contribution in [0.1, 0.15) is 99.3 Å². The van der Waals surface area contributed by atoms with Crippen LogP contribution in [0.4, 0.5) is 0 Å². The molecule has 5 heteroatoms. The topological polar surface area (TPSA) is 83.8 Å². The van der Waals surface area contributed by atoms with E-state index in [1.807, 2.05) is 13.8 Å². The number of carbonyl (C=O) groups is 2. The minimum atomic E-state index is -0.920. The quantitative estimate of drug-likeness (QED) is 0.320. The van der Waals surface area contributed by atoms with Crippen molar-refractivity contribution in [3.8, 4) is 0 Å². The van der Waals surface area contributed by atoms with E-state index in [1.54, 1.807) is 0 Å². The number of carboxylic acid groups (broad SMARTS) is 1. The fourth-order valence-electron chi connectivity index (χ4n) is 10.9. The van der Waals surface area contributed by atoms with Gasteiger partial charge < -0.3 is 14.9 Å². The van der Waals surface area contributed by atoms with Crippen LogP contribution < -0.4 is 0 Å². The number of aliphatic hydroxyl groups excluding tert-OH is 1. The van der Waals surface area contributed by atoms with Crippen LogP contribution in [0.5, 0.6) is 0 Å². The summed E-state index contributed by atoms with van der Waals surface area (Å²) < 4.78 is 5.19. The fraction of sp³-hybridized carbons (Fsp3) is 0.871. The molecule has 0 aromatic carbocycles. The average molecular weight is 503 g/mol. The molecule has 0 bridgehead atoms. The number of aliphatic carboxylic acids is 1. The standard InChI is InChI=1S/C31H50O5/c1-19(2)20-11-14-31(18-32)16-15-29(6)21(25(20)31)9-10-23-28(5,17-24(33)36-8)22(12-13-30(23,29)7)27(3,4)26(34)35/h20-23,25,32H,1,9-18H2,2-8H3,(H,34,35). The van der Waals surface area contributed by atoms with E-state index < -0.39 is 16.8 Å². The summed E-state index contributed by atoms with van der Waals surface area (Å²) in [6.07, 6.45) is 8.49. The molecule has 0 spiro atoms. The molecule has 4 fully saturated rings. The number of fused-ring (bicyclic) bond motifs is 5. The van der Waals surface area contributed by atoms with Gasteiger partial charge in [-0.15, -0.1) is 0 Å². The molecule has 4 saturated carbocycles. The number of rotatable bonds is 6. The molecule has 9 atom stereocenters. The molecular formula is C31H50O5. The van der Waals surface area contributed by atoms with Crippen molar-refractivity contribution in [1.82, 2.24) is 0 Å². The number of methoxy groups -OCH3 is 1. The molecule has 4 aliphatic rings. The first kappa shape index (κ1) is 27.7. The number of carbonyl (C=O) groups excluding carboxylic acids is 1. The Balaban J connectivity index is 1.80. The van der Waals surface area contributed by atoms with E-state index in [-0.39, 0.29) is 47.1 Å². The Morgan fingerprint density at radius 3 is 2.22 bits per heavy atom. The Kier molecular flexibility index (Phi) is 6.80. The summed E-state index contributed by atoms with van der Waals surface area (Å²) in [4.78, 5) is 25.2. The maximum Gasteiger partial charge on any atom is 0.309 e. The third-order valence-corrected chi connectivity index (χ3v) is 13.0. The minimum absolute atomic E-state index is 0.00635. The molecule has 5 nitrogen and oxygen atoms in total. The van der Waals surface area contributed by atoms with Crippen LogP contribution in [0.15, 0.2) is 12.2 Å². The predicted molar refractivity (Wildman–Crippen MR) is 141 cm³/mol. The average Bonchev–Trinajstić information content (AvgIpc) is 3.19. The van der Waals surface area contributed by atoms with Crippen LogP contribution in [0.25, 0.3) is 0 Å². The molecule has 0 aromatic heterocycles. The third kappa shape index (κ3) is 3.57. The zero-order valence-electron chi connectivity index (χ0n) is 23.8. The summed E-state index contributed by atoms with van der Waals surface area (Å²) in [5.41, 5.74) is -0.0357. The van der Waals surface area contributed by atoms with Gasteiger partial charge in [-0.2, -0.15) is 0 Å². The van der Waals surface area contributed by atoms with E-state index in [4.69, 9.17) is 4.74 Å². The Bertz CT molecular complexity index is 924. The Labute approximate surface area is 218 Å². The molecule has 36 heavy (non-hydrogen) atoms. The zero-order chi connectivity index (χ0) is 26.9. The van der Waals surface area contributed by atoms with Crippen LogP contribution in [-0.4, -0.2) is 35.9 Å². The highest BCUT2D eigenvalue weighted by Crippen LogP contribution is 2.76. The number of esters is 1. The highest BCUT2D eigenvalue weighted by molar-refractivity contribution is 5.75. The molecule has 0 aliphatic heterocycles. The van der Waals surface area contributed by atoms with E-state index in [0.717, 1.165) is 51.4 Å². The van der Waals surface area contributed by atoms with Crippen LogP contribution in [0.3, 0.4) is 0 Å². The van der Waals surface area contributed by atoms with Crippen LogP contribution in [0, 0.1) is 56.7 Å². The first-order valence-corrected chi connectivity index (χ1v) is 14.2. The van der Waals surface area contributed by atoms with Crippen molar-refractivity contribution in [2.45, 2.75) is 99.3 Å². The lowest BCUT2D eigenvalue weighted by Crippen LogP contribution is -2.65. The summed E-state index contributed by atoms with van der Waals surface area (Å²) in [5.74, 6) is 0.551. The number of ether oxygens (including phenoxy) is 1. The van der Waals surface area contributed by atoms with Crippen molar-refractivity contribution in [3.05, 3.63) is 12.2 Å². The normalized spacial score (nSPS) is 46.3. The summed E-state index contributed by atoms with van der Waals surface area (Å²) in [7, 11) is 1.44. The van der Waals surface area contributed by atoms with Gasteiger partial charge in [0.2, 0.25) is 0 Å². The second-order valence-electron chi connectivity index (χ2n) is 14.5. The first-order chi connectivity index (χ1) is 16.6. The van der Waals surface area contributed by atoms with Crippen molar-refractivity contribution in [2.75, 3.05) is 13.7 Å². The second-order valence-corrected chi connectivity index (χ2v) is 14.5. The van der Waals surface area contributed by atoms with Gasteiger partial charge in [0, 0.05) is 6.61 Å². The van der Waals surface area contributed by atoms with Gasteiger partial charge in [-0.3, -0.25) is 9.59 Å². The monoisotopic (exact) mass is 502 g/mol. The van der Waals surface area contributed by atoms with Crippen LogP contribution in [-0.2, 0) is 14.3 Å². The predicted octanol–water partition coefficient (Wildman–Crippen LogP) is 6.49. The summed E-state index contributed by atoms with van der Waals surface area (Å²) in [6.45, 7) is 17.7. The third-order valence-electron chi connectivity index (χ3n) is 13.0. The van der Waals surface area contributed by atoms with Crippen molar-refractivity contribution >= 4 is 11.9 Å². The minimum Gasteiger partial charge on any atom is -0.481 e. The van der Waals surface area contributed by atoms with Crippen molar-refractivity contribution < 1.29 is 24.5 Å². The lowest BCUT2D eigenvalue weighted by Gasteiger charge is -2.71. The summed E-state index contributed by atoms with van der Waals surface area (Å²) in [5, 5.41) is 20.9. The van der Waals surface area contributed by atoms with Gasteiger partial charge in [-0.25, -0.2) is 0 Å². The van der Waals surface area contributed by atoms with Gasteiger partial charge in [-0.1, -0.05) is 32.9 Å². The van der Waals surface area contributed by atoms with Gasteiger partial charge in [0.05, 0.1) is 18.9 Å². The molecular weight excluding hydrogens is 452 g/mol. The molecule has 204 valence electrons. The molecule has 0 aromatic rings. The Morgan fingerprint density at radius 2 is 1.67 bits per heavy atom. The van der Waals surface area contributed by atoms with Gasteiger partial charge >= 0.3 is 11.9 Å². The van der Waals surface area contributed by atoms with Crippen molar-refractivity contribution in [1.29, 1.82) is 0 Å². The van der Waals surface area contributed by atoms with Crippen LogP contribution in [0.2, 0.25) is 0 Å². The lowest BCUT2D eigenvalue weighted by molar-refractivity contribution is -0.234. The van der Waals surface area contributed by atoms with E-state index in [1.165, 1.54) is 12.7 Å². The number of hydrogen-bond donors (Lipinski definition) is 2. The van der Waals surface area contributed by atoms with Gasteiger partial charge in [0.15, 0.2) is 0 Å². The Morgan fingerprint density at radius 1 is 1.00 bits per heavy atom. The molecule has 9 unspecified atom stereocenters. The number of carboxylic acids is 1. The van der Waals surface area contributed by atoms with Gasteiger partial charge in [0.1, 0.15) is 0 Å². The SMILES string of the molecule is C=C(C)C1CCC2(CO)CCC3(C)C(CCC4C(C)(CC(=O)OC)C(C(C)(C)C(=O)O)CCC43C)C12. The van der Waals surface area contributed by atoms with E-state index in [0.29, 0.717) is 17.8 Å². The largest absolute Gasteiger partial charge is 0.481 e. The zero-order valence-corrected chi connectivity index (χ0v) is 23.8. The lowest BCUT2D eigenvalue weighted by atomic mass is 9.33. The molecule has 0 amide bonds. The van der Waals surface area contributed by atoms with E-state index in [2.05, 4.69) is 34.3 Å². The first-order valence-electron chi connectivity index (χ1n) is 14.2. The highest BCUT2D eigenvalue weighted by atomic mass is 16.5. The number of allylic oxidation sites excluding steroid dienone is 1. The summed E-state index contributed by atoms with van der Waals surface area (Å²) in [6, 6.07) is 0. The molecule has 4 aliphatic carbocycles. The summed E-state index contributed by atoms with van der Waals surface area (Å²) >= 11 is 0. The smallest absolute Gasteiger partial charge is 0.309 e. The van der Waals surface area contributed by atoms with Crippen molar-refractivity contribution in [3.63, 3.8) is 0 Å². The molecule has 0 radical (unpaired) electrons. The fourth-order valence-corrected chi connectivity index (χ4v) is 10.9. The van der Waals surface area contributed by atoms with E-state index >= 15 is 0 Å². The number of aliphatic hydroxyl groups is 1. The van der Waals surface area contributed by atoms with Gasteiger partial charge in [0.25, 0.3) is 0 Å². The number of hydrogen-bond acceptors (Lipinski definition) is 4. The molecule has 0 heterocycles. The highest BCUT2D eigenvalue weighted by Gasteiger charge is 2.70. The van der Waals surface area contributed by atoms with E-state index in [9.17, 15) is 19.8 Å². The van der Waals surface area contributed by atoms with Gasteiger partial charge in [-0.05, 0) is 123 Å². The van der Waals surface area contributed by atoms with Crippen LogP contribution >= 0.6 is 0 Å². The molecule has 0 saturated heterocycles. The maximum atomic E-state index is 12.8. The second kappa shape index (κ2) is 8.85. The Hall–Kier alpha value is -1.36. The molecule has 2 N–H and O–H groups in total. The maximum absolute atomic E-state index is 12.8. The van der Waals surface area contributed by atoms with Crippen molar-refractivity contribution in [2.24, 2.45) is 56.7 Å².